The van der Waals surface area contributed by atoms with Gasteiger partial charge >= 0.3 is 0 Å². The maximum Gasteiger partial charge on any atom is 0.173 e. The molecule has 1 saturated heterocycles. The van der Waals surface area contributed by atoms with Crippen molar-refractivity contribution in [3.05, 3.63) is 71.5 Å². The number of hydrogen-bond donors (Lipinski definition) is 0. The minimum atomic E-state index is 0.0111. The van der Waals surface area contributed by atoms with E-state index in [1.54, 1.807) is 7.11 Å². The first-order valence-electron chi connectivity index (χ1n) is 11.2. The Kier molecular flexibility index (Phi) is 7.47. The van der Waals surface area contributed by atoms with Crippen LogP contribution in [0.15, 0.2) is 54.6 Å². The maximum atomic E-state index is 5.27. The number of aromatic nitrogens is 4. The fraction of sp³-hybridized carbons (Fsp3) is 0.458. The summed E-state index contributed by atoms with van der Waals surface area (Å²) in [7, 11) is 5.82. The number of rotatable bonds is 9. The van der Waals surface area contributed by atoms with E-state index in [4.69, 9.17) is 4.74 Å². The molecule has 170 valence electrons. The molecule has 2 aromatic carbocycles. The number of piperazine rings is 1. The fourth-order valence-corrected chi connectivity index (χ4v) is 4.24. The second-order valence-corrected chi connectivity index (χ2v) is 8.44. The summed E-state index contributed by atoms with van der Waals surface area (Å²) in [5, 5.41) is 12.7. The fourth-order valence-electron chi connectivity index (χ4n) is 4.24. The molecule has 2 heterocycles. The highest BCUT2D eigenvalue weighted by molar-refractivity contribution is 5.47. The lowest BCUT2D eigenvalue weighted by atomic mass is 10.0. The molecular formula is C24H33N7O. The Balaban J connectivity index is 1.54. The van der Waals surface area contributed by atoms with Crippen LogP contribution >= 0.6 is 0 Å². The number of benzene rings is 2. The van der Waals surface area contributed by atoms with Crippen molar-refractivity contribution < 1.29 is 4.74 Å². The lowest BCUT2D eigenvalue weighted by Crippen LogP contribution is -2.48. The van der Waals surface area contributed by atoms with Gasteiger partial charge in [-0.15, -0.1) is 5.10 Å². The van der Waals surface area contributed by atoms with E-state index in [0.29, 0.717) is 13.2 Å². The van der Waals surface area contributed by atoms with Gasteiger partial charge in [-0.2, -0.15) is 0 Å². The summed E-state index contributed by atoms with van der Waals surface area (Å²) in [5.74, 6) is 0.871. The zero-order valence-corrected chi connectivity index (χ0v) is 19.3. The molecule has 0 bridgehead atoms. The summed E-state index contributed by atoms with van der Waals surface area (Å²) in [4.78, 5) is 7.14. The molecule has 1 aliphatic rings. The number of tetrazole rings is 1. The molecule has 32 heavy (non-hydrogen) atoms. The highest BCUT2D eigenvalue weighted by atomic mass is 16.5. The van der Waals surface area contributed by atoms with Gasteiger partial charge in [0.25, 0.3) is 0 Å². The summed E-state index contributed by atoms with van der Waals surface area (Å²) < 4.78 is 7.15. The molecule has 0 saturated carbocycles. The quantitative estimate of drug-likeness (QED) is 0.511. The minimum absolute atomic E-state index is 0.0111. The predicted molar refractivity (Wildman–Crippen MR) is 126 cm³/mol. The minimum Gasteiger partial charge on any atom is -0.383 e. The summed E-state index contributed by atoms with van der Waals surface area (Å²) in [6.45, 7) is 6.16. The van der Waals surface area contributed by atoms with Crippen LogP contribution < -0.4 is 4.90 Å². The van der Waals surface area contributed by atoms with E-state index in [0.717, 1.165) is 38.5 Å². The first-order chi connectivity index (χ1) is 15.7. The lowest BCUT2D eigenvalue weighted by Gasteiger charge is -2.39. The van der Waals surface area contributed by atoms with Crippen molar-refractivity contribution in [2.24, 2.45) is 0 Å². The molecule has 0 aliphatic carbocycles. The summed E-state index contributed by atoms with van der Waals surface area (Å²) in [5.41, 5.74) is 3.75. The van der Waals surface area contributed by atoms with E-state index in [-0.39, 0.29) is 6.04 Å². The standard InChI is InChI=1S/C24H33N7O/c1-28(2)22-11-9-21(10-12-22)23(24-25-26-27-31(24)17-18-32-3)30-15-13-29(14-16-30)19-20-7-5-4-6-8-20/h4-12,23H,13-19H2,1-3H3/t23-/m0/s1. The maximum absolute atomic E-state index is 5.27. The molecule has 1 fully saturated rings. The van der Waals surface area contributed by atoms with Crippen molar-refractivity contribution in [1.82, 2.24) is 30.0 Å². The van der Waals surface area contributed by atoms with E-state index in [9.17, 15) is 0 Å². The molecule has 1 aromatic heterocycles. The van der Waals surface area contributed by atoms with Crippen LogP contribution in [0.5, 0.6) is 0 Å². The largest absolute Gasteiger partial charge is 0.383 e. The van der Waals surface area contributed by atoms with Crippen molar-refractivity contribution >= 4 is 5.69 Å². The van der Waals surface area contributed by atoms with Crippen LogP contribution in [0.4, 0.5) is 5.69 Å². The molecule has 8 nitrogen and oxygen atoms in total. The molecule has 0 N–H and O–H groups in total. The number of ether oxygens (including phenoxy) is 1. The van der Waals surface area contributed by atoms with Crippen LogP contribution in [0.25, 0.3) is 0 Å². The first-order valence-corrected chi connectivity index (χ1v) is 11.2. The highest BCUT2D eigenvalue weighted by Gasteiger charge is 2.30. The summed E-state index contributed by atoms with van der Waals surface area (Å²) in [6.07, 6.45) is 0. The van der Waals surface area contributed by atoms with Gasteiger partial charge in [-0.1, -0.05) is 42.5 Å². The van der Waals surface area contributed by atoms with Crippen molar-refractivity contribution in [3.63, 3.8) is 0 Å². The van der Waals surface area contributed by atoms with E-state index in [2.05, 4.69) is 98.9 Å². The van der Waals surface area contributed by atoms with Crippen molar-refractivity contribution in [2.45, 2.75) is 19.1 Å². The Labute approximate surface area is 190 Å². The molecule has 1 atom stereocenters. The van der Waals surface area contributed by atoms with Crippen molar-refractivity contribution in [1.29, 1.82) is 0 Å². The summed E-state index contributed by atoms with van der Waals surface area (Å²) >= 11 is 0. The third-order valence-corrected chi connectivity index (χ3v) is 6.06. The molecule has 4 rings (SSSR count). The van der Waals surface area contributed by atoms with Gasteiger partial charge in [-0.3, -0.25) is 9.80 Å². The Morgan fingerprint density at radius 1 is 0.969 bits per heavy atom. The van der Waals surface area contributed by atoms with Crippen molar-refractivity contribution in [3.8, 4) is 0 Å². The average molecular weight is 436 g/mol. The van der Waals surface area contributed by atoms with Gasteiger partial charge in [0.15, 0.2) is 5.82 Å². The smallest absolute Gasteiger partial charge is 0.173 e. The van der Waals surface area contributed by atoms with Crippen LogP contribution in [0.2, 0.25) is 0 Å². The monoisotopic (exact) mass is 435 g/mol. The third kappa shape index (κ3) is 5.32. The Hall–Kier alpha value is -2.81. The second-order valence-electron chi connectivity index (χ2n) is 8.44. The molecular weight excluding hydrogens is 402 g/mol. The Bertz CT molecular complexity index is 950. The highest BCUT2D eigenvalue weighted by Crippen LogP contribution is 2.29. The SMILES string of the molecule is COCCn1nnnc1[C@H](c1ccc(N(C)C)cc1)N1CCN(Cc2ccccc2)CC1. The van der Waals surface area contributed by atoms with Gasteiger partial charge in [0.05, 0.1) is 19.2 Å². The van der Waals surface area contributed by atoms with E-state index in [1.165, 1.54) is 16.8 Å². The normalized spacial score (nSPS) is 16.2. The number of anilines is 1. The van der Waals surface area contributed by atoms with Crippen LogP contribution in [0, 0.1) is 0 Å². The number of hydrogen-bond acceptors (Lipinski definition) is 7. The molecule has 0 unspecified atom stereocenters. The van der Waals surface area contributed by atoms with Gasteiger partial charge in [-0.25, -0.2) is 4.68 Å². The van der Waals surface area contributed by atoms with Gasteiger partial charge < -0.3 is 9.64 Å². The number of methoxy groups -OCH3 is 1. The second kappa shape index (κ2) is 10.7. The van der Waals surface area contributed by atoms with Crippen LogP contribution in [0.3, 0.4) is 0 Å². The van der Waals surface area contributed by atoms with Crippen LogP contribution in [-0.4, -0.2) is 84.0 Å². The van der Waals surface area contributed by atoms with Gasteiger partial charge in [0.2, 0.25) is 0 Å². The first kappa shape index (κ1) is 22.4. The van der Waals surface area contributed by atoms with Crippen LogP contribution in [0.1, 0.15) is 23.0 Å². The predicted octanol–water partition coefficient (Wildman–Crippen LogP) is 2.29. The Morgan fingerprint density at radius 2 is 1.69 bits per heavy atom. The van der Waals surface area contributed by atoms with E-state index in [1.807, 2.05) is 4.68 Å². The van der Waals surface area contributed by atoms with Gasteiger partial charge in [-0.05, 0) is 33.7 Å². The number of nitrogens with zero attached hydrogens (tertiary/aromatic N) is 7. The van der Waals surface area contributed by atoms with E-state index >= 15 is 0 Å². The van der Waals surface area contributed by atoms with Crippen LogP contribution in [-0.2, 0) is 17.8 Å². The molecule has 0 amide bonds. The zero-order valence-electron chi connectivity index (χ0n) is 19.3. The van der Waals surface area contributed by atoms with Gasteiger partial charge in [0.1, 0.15) is 0 Å². The molecule has 1 aliphatic heterocycles. The average Bonchev–Trinajstić information content (AvgIpc) is 3.28. The zero-order chi connectivity index (χ0) is 22.3. The van der Waals surface area contributed by atoms with E-state index < -0.39 is 0 Å². The van der Waals surface area contributed by atoms with Gasteiger partial charge in [0, 0.05) is 59.6 Å². The topological polar surface area (TPSA) is 62.6 Å². The van der Waals surface area contributed by atoms with Crippen molar-refractivity contribution in [2.75, 3.05) is 58.9 Å². The molecule has 0 radical (unpaired) electrons. The summed E-state index contributed by atoms with van der Waals surface area (Å²) in [6, 6.07) is 19.4. The molecule has 3 aromatic rings. The molecule has 8 heteroatoms. The molecule has 0 spiro atoms. The third-order valence-electron chi connectivity index (χ3n) is 6.06. The Morgan fingerprint density at radius 3 is 2.34 bits per heavy atom. The lowest BCUT2D eigenvalue weighted by molar-refractivity contribution is 0.0989.